The predicted molar refractivity (Wildman–Crippen MR) is 223 cm³/mol. The zero-order chi connectivity index (χ0) is 43.7. The average molecular weight is 875 g/mol. The topological polar surface area (TPSA) is 195 Å². The molecule has 9 rings (SSSR count). The molecule has 62 heavy (non-hydrogen) atoms. The van der Waals surface area contributed by atoms with Crippen molar-refractivity contribution in [3.63, 3.8) is 0 Å². The van der Waals surface area contributed by atoms with Gasteiger partial charge in [-0.25, -0.2) is 0 Å². The molecular weight excluding hydrogens is 801 g/mol. The van der Waals surface area contributed by atoms with E-state index in [-0.39, 0.29) is 79.6 Å². The van der Waals surface area contributed by atoms with Crippen LogP contribution in [0.3, 0.4) is 0 Å². The van der Waals surface area contributed by atoms with Crippen LogP contribution in [0.4, 0.5) is 0 Å². The summed E-state index contributed by atoms with van der Waals surface area (Å²) < 4.78 is 50.6. The number of benzene rings is 1. The van der Waals surface area contributed by atoms with Crippen LogP contribution < -0.4 is 0 Å². The molecule has 14 nitrogen and oxygen atoms in total. The maximum absolute atomic E-state index is 12.6. The van der Waals surface area contributed by atoms with Gasteiger partial charge < -0.3 is 68.5 Å². The molecule has 5 unspecified atom stereocenters. The lowest BCUT2D eigenvalue weighted by atomic mass is 9.42. The molecule has 0 amide bonds. The van der Waals surface area contributed by atoms with Crippen LogP contribution in [0.15, 0.2) is 30.3 Å². The van der Waals surface area contributed by atoms with Gasteiger partial charge in [-0.15, -0.1) is 0 Å². The molecule has 8 fully saturated rings. The summed E-state index contributed by atoms with van der Waals surface area (Å²) in [6.07, 6.45) is -0.214. The van der Waals surface area contributed by atoms with Crippen LogP contribution in [0.5, 0.6) is 0 Å². The van der Waals surface area contributed by atoms with Crippen molar-refractivity contribution in [1.82, 2.24) is 0 Å². The van der Waals surface area contributed by atoms with Crippen LogP contribution in [0.25, 0.3) is 0 Å². The maximum Gasteiger partial charge on any atom is 0.184 e. The molecule has 8 aliphatic rings. The summed E-state index contributed by atoms with van der Waals surface area (Å²) in [5.41, 5.74) is -0.838. The van der Waals surface area contributed by atoms with Gasteiger partial charge in [0.25, 0.3) is 0 Å². The molecule has 23 atom stereocenters. The lowest BCUT2D eigenvalue weighted by Gasteiger charge is -2.65. The third-order valence-electron chi connectivity index (χ3n) is 17.8. The number of rotatable bonds is 11. The van der Waals surface area contributed by atoms with Gasteiger partial charge in [-0.1, -0.05) is 44.2 Å². The Balaban J connectivity index is 0.751. The summed E-state index contributed by atoms with van der Waals surface area (Å²) in [6, 6.07) is 9.83. The monoisotopic (exact) mass is 875 g/mol. The van der Waals surface area contributed by atoms with Gasteiger partial charge in [-0.3, -0.25) is 0 Å². The van der Waals surface area contributed by atoms with E-state index in [0.29, 0.717) is 31.6 Å². The summed E-state index contributed by atoms with van der Waals surface area (Å²) in [5.74, 6) is 0.436. The van der Waals surface area contributed by atoms with Crippen molar-refractivity contribution < 1.29 is 68.5 Å². The minimum Gasteiger partial charge on any atom is -0.396 e. The number of ether oxygens (including phenoxy) is 8. The van der Waals surface area contributed by atoms with E-state index >= 15 is 0 Å². The highest BCUT2D eigenvalue weighted by atomic mass is 16.8. The fourth-order valence-corrected chi connectivity index (χ4v) is 14.4. The highest BCUT2D eigenvalue weighted by Gasteiger charge is 2.71. The van der Waals surface area contributed by atoms with E-state index in [1.807, 2.05) is 58.0 Å². The van der Waals surface area contributed by atoms with Gasteiger partial charge in [0.15, 0.2) is 25.2 Å². The first kappa shape index (κ1) is 45.8. The number of hydrogen-bond acceptors (Lipinski definition) is 14. The van der Waals surface area contributed by atoms with Gasteiger partial charge in [0.2, 0.25) is 0 Å². The predicted octanol–water partition coefficient (Wildman–Crippen LogP) is 4.49. The molecule has 4 heterocycles. The Kier molecular flexibility index (Phi) is 13.3. The van der Waals surface area contributed by atoms with Crippen LogP contribution in [-0.4, -0.2) is 135 Å². The third kappa shape index (κ3) is 8.05. The standard InChI is InChI=1S/C48H74O14/c1-25-42(60-40-22-36(52)43(26(2)56-40)61-41-23-37-44(27(3)57-41)62-45(59-37)28-9-7-6-8-10-28)35(51)21-39(55-25)58-31-13-16-46(4)30(19-31)11-12-33-34(46)20-38(53)47(5)32(14-17-48(33,47)54)29(24-50)15-18-49/h6-10,25-27,29-45,49-54H,11-24H2,1-5H3/t25-,26-,27-,29?,30-,31+,32-,33-,34+,35+,36+,37+,38-,39?,40?,41?,42-,43-,44-,45?,46+,47+,48+/m1/s1. The molecule has 14 heteroatoms. The summed E-state index contributed by atoms with van der Waals surface area (Å²) in [5, 5.41) is 67.3. The van der Waals surface area contributed by atoms with Crippen LogP contribution in [-0.2, 0) is 37.9 Å². The lowest BCUT2D eigenvalue weighted by Crippen LogP contribution is -2.67. The van der Waals surface area contributed by atoms with Gasteiger partial charge in [0.05, 0.1) is 54.4 Å². The molecule has 1 aromatic rings. The number of aliphatic hydroxyl groups excluding tert-OH is 5. The zero-order valence-corrected chi connectivity index (χ0v) is 37.3. The van der Waals surface area contributed by atoms with Crippen molar-refractivity contribution in [3.05, 3.63) is 35.9 Å². The second-order valence-corrected chi connectivity index (χ2v) is 21.0. The fourth-order valence-electron chi connectivity index (χ4n) is 14.4. The van der Waals surface area contributed by atoms with Crippen LogP contribution in [0, 0.1) is 40.4 Å². The molecule has 4 saturated carbocycles. The number of aliphatic hydroxyl groups is 6. The molecule has 1 aromatic carbocycles. The second-order valence-electron chi connectivity index (χ2n) is 21.0. The van der Waals surface area contributed by atoms with Crippen molar-refractivity contribution in [2.75, 3.05) is 13.2 Å². The first-order chi connectivity index (χ1) is 29.7. The zero-order valence-electron chi connectivity index (χ0n) is 37.3. The lowest BCUT2D eigenvalue weighted by molar-refractivity contribution is -0.334. The van der Waals surface area contributed by atoms with Crippen molar-refractivity contribution in [3.8, 4) is 0 Å². The van der Waals surface area contributed by atoms with E-state index in [4.69, 9.17) is 37.9 Å². The van der Waals surface area contributed by atoms with Crippen molar-refractivity contribution in [1.29, 1.82) is 0 Å². The molecule has 6 N–H and O–H groups in total. The Morgan fingerprint density at radius 2 is 1.34 bits per heavy atom. The average Bonchev–Trinajstić information content (AvgIpc) is 3.80. The number of hydrogen-bond donors (Lipinski definition) is 6. The van der Waals surface area contributed by atoms with Crippen molar-refractivity contribution >= 4 is 0 Å². The van der Waals surface area contributed by atoms with E-state index in [2.05, 4.69) is 6.92 Å². The highest BCUT2D eigenvalue weighted by molar-refractivity contribution is 5.20. The Hall–Kier alpha value is -1.34. The Bertz CT molecular complexity index is 1630. The van der Waals surface area contributed by atoms with Gasteiger partial charge in [-0.05, 0) is 114 Å². The summed E-state index contributed by atoms with van der Waals surface area (Å²) >= 11 is 0. The molecule has 0 spiro atoms. The Morgan fingerprint density at radius 3 is 1.98 bits per heavy atom. The van der Waals surface area contributed by atoms with Gasteiger partial charge >= 0.3 is 0 Å². The molecule has 350 valence electrons. The molecular formula is C48H74O14. The summed E-state index contributed by atoms with van der Waals surface area (Å²) in [4.78, 5) is 0. The van der Waals surface area contributed by atoms with Crippen molar-refractivity contribution in [2.45, 2.75) is 210 Å². The van der Waals surface area contributed by atoms with E-state index < -0.39 is 78.9 Å². The minimum absolute atomic E-state index is 0.0149. The first-order valence-electron chi connectivity index (χ1n) is 23.9. The number of fused-ring (bicyclic) bond motifs is 6. The highest BCUT2D eigenvalue weighted by Crippen LogP contribution is 2.70. The van der Waals surface area contributed by atoms with Gasteiger partial charge in [0, 0.05) is 43.5 Å². The molecule has 4 aliphatic carbocycles. The molecule has 4 aliphatic heterocycles. The fraction of sp³-hybridized carbons (Fsp3) is 0.875. The maximum atomic E-state index is 12.6. The largest absolute Gasteiger partial charge is 0.396 e. The smallest absolute Gasteiger partial charge is 0.184 e. The Labute approximate surface area is 366 Å². The van der Waals surface area contributed by atoms with E-state index in [9.17, 15) is 30.6 Å². The normalized spacial score (nSPS) is 52.1. The molecule has 0 bridgehead atoms. The van der Waals surface area contributed by atoms with Crippen LogP contribution >= 0.6 is 0 Å². The minimum atomic E-state index is -1.01. The Morgan fingerprint density at radius 1 is 0.694 bits per heavy atom. The van der Waals surface area contributed by atoms with E-state index in [1.165, 1.54) is 0 Å². The molecule has 0 radical (unpaired) electrons. The van der Waals surface area contributed by atoms with Gasteiger partial charge in [0.1, 0.15) is 18.3 Å². The van der Waals surface area contributed by atoms with E-state index in [0.717, 1.165) is 44.1 Å². The van der Waals surface area contributed by atoms with Crippen LogP contribution in [0.2, 0.25) is 0 Å². The second kappa shape index (κ2) is 18.0. The summed E-state index contributed by atoms with van der Waals surface area (Å²) in [6.45, 7) is 10.0. The third-order valence-corrected chi connectivity index (χ3v) is 17.8. The quantitative estimate of drug-likeness (QED) is 0.170. The van der Waals surface area contributed by atoms with Crippen molar-refractivity contribution in [2.24, 2.45) is 40.4 Å². The molecule has 4 saturated heterocycles. The molecule has 0 aromatic heterocycles. The van der Waals surface area contributed by atoms with E-state index in [1.54, 1.807) is 0 Å². The SMILES string of the molecule is C[C@H]1OC(O[C@H]2[C@@H](O)CC(O[C@H]3[C@@H](O)CC(O[C@H]4CC[C@@]5(C)[C@H](CC[C@@H]6[C@@H]5C[C@@H](O)[C@]5(C)[C@@H](C(CO)CCO)CC[C@]65O)C4)O[C@@H]3C)O[C@@H]2C)C[C@@H]2OC(c3ccccc3)O[C@@H]21. The first-order valence-corrected chi connectivity index (χ1v) is 23.9. The summed E-state index contributed by atoms with van der Waals surface area (Å²) in [7, 11) is 0. The van der Waals surface area contributed by atoms with Crippen LogP contribution in [0.1, 0.15) is 124 Å². The van der Waals surface area contributed by atoms with Gasteiger partial charge in [-0.2, -0.15) is 0 Å².